The predicted octanol–water partition coefficient (Wildman–Crippen LogP) is 0.909. The number of esters is 1. The van der Waals surface area contributed by atoms with Crippen molar-refractivity contribution in [2.24, 2.45) is 0 Å². The summed E-state index contributed by atoms with van der Waals surface area (Å²) >= 11 is 0. The van der Waals surface area contributed by atoms with Crippen LogP contribution in [0.1, 0.15) is 12.8 Å². The number of carboxylic acid groups (broad SMARTS) is 1. The number of carbonyl (C=O) groups is 3. The number of hydrogen-bond donors (Lipinski definition) is 2. The van der Waals surface area contributed by atoms with Gasteiger partial charge in [-0.05, 0) is 6.07 Å². The number of carbonyl (C=O) groups excluding carboxylic acids is 2. The molecule has 0 heterocycles. The molecule has 1 rings (SSSR count). The molecule has 0 amide bonds. The molecule has 28 heavy (non-hydrogen) atoms. The fraction of sp³-hybridized carbons (Fsp3) is 0.400. The van der Waals surface area contributed by atoms with Gasteiger partial charge in [-0.25, -0.2) is 4.79 Å². The van der Waals surface area contributed by atoms with Crippen molar-refractivity contribution < 1.29 is 38.8 Å². The zero-order valence-corrected chi connectivity index (χ0v) is 14.5. The second kappa shape index (κ2) is 11.2. The summed E-state index contributed by atoms with van der Waals surface area (Å²) in [6.45, 7) is 0.156. The number of carboxylic acids is 1. The van der Waals surface area contributed by atoms with Crippen molar-refractivity contribution in [2.45, 2.75) is 12.8 Å². The van der Waals surface area contributed by atoms with E-state index in [1.165, 1.54) is 6.07 Å². The molecule has 152 valence electrons. The summed E-state index contributed by atoms with van der Waals surface area (Å²) in [5, 5.41) is 32.7. The van der Waals surface area contributed by atoms with Crippen molar-refractivity contribution in [3.63, 3.8) is 0 Å². The molecular formula is C15H17N3O10. The Hall–Kier alpha value is -3.61. The van der Waals surface area contributed by atoms with Crippen LogP contribution < -0.4 is 5.32 Å². The molecule has 0 aliphatic carbocycles. The zero-order valence-electron chi connectivity index (χ0n) is 14.5. The second-order valence-electron chi connectivity index (χ2n) is 5.20. The topological polar surface area (TPSA) is 188 Å². The summed E-state index contributed by atoms with van der Waals surface area (Å²) in [6.07, 6.45) is -0.802. The quantitative estimate of drug-likeness (QED) is 0.158. The van der Waals surface area contributed by atoms with Gasteiger partial charge in [0.2, 0.25) is 5.78 Å². The van der Waals surface area contributed by atoms with Crippen LogP contribution in [0.25, 0.3) is 0 Å². The van der Waals surface area contributed by atoms with E-state index in [-0.39, 0.29) is 38.5 Å². The Balaban J connectivity index is 2.27. The number of hydrogen-bond acceptors (Lipinski definition) is 10. The molecule has 0 bridgehead atoms. The Labute approximate surface area is 157 Å². The van der Waals surface area contributed by atoms with Gasteiger partial charge in [-0.1, -0.05) is 0 Å². The summed E-state index contributed by atoms with van der Waals surface area (Å²) in [7, 11) is 0. The van der Waals surface area contributed by atoms with E-state index < -0.39 is 45.4 Å². The van der Waals surface area contributed by atoms with Gasteiger partial charge in [0.05, 0.1) is 35.5 Å². The Kier molecular flexibility index (Phi) is 8.95. The minimum absolute atomic E-state index is 0.0165. The molecule has 0 aromatic heterocycles. The highest BCUT2D eigenvalue weighted by Crippen LogP contribution is 2.28. The highest BCUT2D eigenvalue weighted by molar-refractivity contribution is 6.32. The van der Waals surface area contributed by atoms with Gasteiger partial charge >= 0.3 is 11.9 Å². The maximum Gasteiger partial charge on any atom is 0.372 e. The standard InChI is InChI=1S/C15H17N3O10/c19-13(15(21)22)3-4-14(20)28-8-7-27-6-5-16-11-2-1-10(17(23)24)9-12(11)18(25)26/h1-2,9,16H,3-8H2,(H,21,22). The first kappa shape index (κ1) is 22.4. The lowest BCUT2D eigenvalue weighted by atomic mass is 10.2. The maximum atomic E-state index is 11.3. The van der Waals surface area contributed by atoms with Gasteiger partial charge in [-0.2, -0.15) is 0 Å². The van der Waals surface area contributed by atoms with Gasteiger partial charge in [-0.15, -0.1) is 0 Å². The van der Waals surface area contributed by atoms with Crippen molar-refractivity contribution in [1.82, 2.24) is 0 Å². The van der Waals surface area contributed by atoms with Crippen LogP contribution in [0.2, 0.25) is 0 Å². The number of benzene rings is 1. The number of Topliss-reactive ketones (excluding diaryl/α,β-unsaturated/α-hetero) is 1. The smallest absolute Gasteiger partial charge is 0.372 e. The molecule has 13 heteroatoms. The SMILES string of the molecule is O=C(CCC(=O)C(=O)O)OCCOCCNc1ccc([N+](=O)[O-])cc1[N+](=O)[O-]. The van der Waals surface area contributed by atoms with Gasteiger partial charge in [0.1, 0.15) is 12.3 Å². The van der Waals surface area contributed by atoms with Gasteiger partial charge in [0, 0.05) is 19.0 Å². The summed E-state index contributed by atoms with van der Waals surface area (Å²) < 4.78 is 9.89. The van der Waals surface area contributed by atoms with Crippen LogP contribution in [-0.2, 0) is 23.9 Å². The summed E-state index contributed by atoms with van der Waals surface area (Å²) in [4.78, 5) is 52.5. The summed E-state index contributed by atoms with van der Waals surface area (Å²) in [5.41, 5.74) is -0.756. The lowest BCUT2D eigenvalue weighted by molar-refractivity contribution is -0.393. The van der Waals surface area contributed by atoms with E-state index in [0.717, 1.165) is 12.1 Å². The molecule has 0 aliphatic rings. The van der Waals surface area contributed by atoms with Crippen molar-refractivity contribution >= 4 is 34.8 Å². The predicted molar refractivity (Wildman–Crippen MR) is 91.9 cm³/mol. The molecule has 0 spiro atoms. The molecule has 13 nitrogen and oxygen atoms in total. The molecule has 1 aromatic carbocycles. The van der Waals surface area contributed by atoms with E-state index in [0.29, 0.717) is 0 Å². The van der Waals surface area contributed by atoms with E-state index in [9.17, 15) is 34.6 Å². The Morgan fingerprint density at radius 2 is 1.75 bits per heavy atom. The number of anilines is 1. The van der Waals surface area contributed by atoms with E-state index in [2.05, 4.69) is 5.32 Å². The molecule has 0 aliphatic heterocycles. The molecule has 0 atom stereocenters. The van der Waals surface area contributed by atoms with Crippen molar-refractivity contribution in [1.29, 1.82) is 0 Å². The monoisotopic (exact) mass is 399 g/mol. The number of nitrogens with one attached hydrogen (secondary N) is 1. The van der Waals surface area contributed by atoms with E-state index >= 15 is 0 Å². The Bertz CT molecular complexity index is 764. The first-order valence-electron chi connectivity index (χ1n) is 7.88. The third-order valence-corrected chi connectivity index (χ3v) is 3.24. The second-order valence-corrected chi connectivity index (χ2v) is 5.20. The minimum atomic E-state index is -1.61. The van der Waals surface area contributed by atoms with Gasteiger partial charge in [0.25, 0.3) is 11.4 Å². The van der Waals surface area contributed by atoms with Gasteiger partial charge in [0.15, 0.2) is 0 Å². The molecule has 0 unspecified atom stereocenters. The zero-order chi connectivity index (χ0) is 21.1. The van der Waals surface area contributed by atoms with Crippen LogP contribution in [0.4, 0.5) is 17.1 Å². The number of ketones is 1. The Morgan fingerprint density at radius 3 is 2.36 bits per heavy atom. The average molecular weight is 399 g/mol. The van der Waals surface area contributed by atoms with Crippen molar-refractivity contribution in [2.75, 3.05) is 31.7 Å². The van der Waals surface area contributed by atoms with E-state index in [1.54, 1.807) is 0 Å². The van der Waals surface area contributed by atoms with Crippen molar-refractivity contribution in [3.05, 3.63) is 38.4 Å². The number of non-ortho nitro benzene ring substituents is 1. The van der Waals surface area contributed by atoms with Gasteiger partial charge in [-0.3, -0.25) is 29.8 Å². The molecule has 0 radical (unpaired) electrons. The largest absolute Gasteiger partial charge is 0.476 e. The average Bonchev–Trinajstić information content (AvgIpc) is 2.64. The number of nitro groups is 2. The molecular weight excluding hydrogens is 382 g/mol. The highest BCUT2D eigenvalue weighted by atomic mass is 16.6. The summed E-state index contributed by atoms with van der Waals surface area (Å²) in [6, 6.07) is 3.19. The maximum absolute atomic E-state index is 11.3. The normalized spacial score (nSPS) is 10.1. The number of aliphatic carboxylic acids is 1. The number of nitro benzene ring substituents is 2. The third kappa shape index (κ3) is 7.74. The van der Waals surface area contributed by atoms with E-state index in [4.69, 9.17) is 14.6 Å². The molecule has 0 saturated carbocycles. The third-order valence-electron chi connectivity index (χ3n) is 3.24. The fourth-order valence-corrected chi connectivity index (χ4v) is 1.90. The highest BCUT2D eigenvalue weighted by Gasteiger charge is 2.19. The van der Waals surface area contributed by atoms with Crippen LogP contribution in [-0.4, -0.2) is 59.0 Å². The lowest BCUT2D eigenvalue weighted by Crippen LogP contribution is -2.17. The van der Waals surface area contributed by atoms with Crippen LogP contribution in [0.15, 0.2) is 18.2 Å². The van der Waals surface area contributed by atoms with Crippen LogP contribution >= 0.6 is 0 Å². The number of rotatable bonds is 13. The van der Waals surface area contributed by atoms with Crippen LogP contribution in [0.5, 0.6) is 0 Å². The number of ether oxygens (including phenoxy) is 2. The number of nitrogens with zero attached hydrogens (tertiary/aromatic N) is 2. The first-order chi connectivity index (χ1) is 13.2. The summed E-state index contributed by atoms with van der Waals surface area (Å²) in [5.74, 6) is -3.44. The van der Waals surface area contributed by atoms with Crippen LogP contribution in [0, 0.1) is 20.2 Å². The van der Waals surface area contributed by atoms with Crippen molar-refractivity contribution in [3.8, 4) is 0 Å². The molecule has 0 fully saturated rings. The van der Waals surface area contributed by atoms with Crippen LogP contribution in [0.3, 0.4) is 0 Å². The molecule has 0 saturated heterocycles. The molecule has 2 N–H and O–H groups in total. The van der Waals surface area contributed by atoms with Gasteiger partial charge < -0.3 is 19.9 Å². The van der Waals surface area contributed by atoms with E-state index in [1.807, 2.05) is 0 Å². The Morgan fingerprint density at radius 1 is 1.04 bits per heavy atom. The first-order valence-corrected chi connectivity index (χ1v) is 7.88. The fourth-order valence-electron chi connectivity index (χ4n) is 1.90. The minimum Gasteiger partial charge on any atom is -0.476 e. The lowest BCUT2D eigenvalue weighted by Gasteiger charge is -2.08. The molecule has 1 aromatic rings.